The highest BCUT2D eigenvalue weighted by atomic mass is 16.3. The van der Waals surface area contributed by atoms with Crippen molar-refractivity contribution in [1.29, 1.82) is 0 Å². The maximum atomic E-state index is 12.1. The number of phenols is 1. The highest BCUT2D eigenvalue weighted by Crippen LogP contribution is 2.15. The summed E-state index contributed by atoms with van der Waals surface area (Å²) in [7, 11) is 0. The van der Waals surface area contributed by atoms with Crippen molar-refractivity contribution in [3.8, 4) is 5.75 Å². The van der Waals surface area contributed by atoms with Gasteiger partial charge in [0.2, 0.25) is 5.91 Å². The van der Waals surface area contributed by atoms with Gasteiger partial charge in [-0.05, 0) is 61.2 Å². The molecular weight excluding hydrogens is 264 g/mol. The summed E-state index contributed by atoms with van der Waals surface area (Å²) in [5.74, 6) is -0.0138. The van der Waals surface area contributed by atoms with Crippen molar-refractivity contribution in [3.05, 3.63) is 59.2 Å². The summed E-state index contributed by atoms with van der Waals surface area (Å²) in [5.41, 5.74) is 9.80. The smallest absolute Gasteiger partial charge is 0.241 e. The monoisotopic (exact) mass is 284 g/mol. The molecule has 110 valence electrons. The molecule has 2 rings (SSSR count). The molecule has 4 heteroatoms. The molecule has 2 aromatic carbocycles. The summed E-state index contributed by atoms with van der Waals surface area (Å²) in [5, 5.41) is 12.1. The Morgan fingerprint density at radius 1 is 1.14 bits per heavy atom. The lowest BCUT2D eigenvalue weighted by atomic mass is 10.1. The van der Waals surface area contributed by atoms with Gasteiger partial charge in [0.25, 0.3) is 0 Å². The summed E-state index contributed by atoms with van der Waals surface area (Å²) >= 11 is 0. The Morgan fingerprint density at radius 3 is 2.29 bits per heavy atom. The van der Waals surface area contributed by atoms with E-state index < -0.39 is 6.04 Å². The van der Waals surface area contributed by atoms with Crippen LogP contribution in [0.2, 0.25) is 0 Å². The lowest BCUT2D eigenvalue weighted by Gasteiger charge is -2.13. The van der Waals surface area contributed by atoms with Crippen LogP contribution in [0.25, 0.3) is 0 Å². The number of nitrogens with one attached hydrogen (secondary N) is 1. The number of amides is 1. The molecular formula is C17H20N2O2. The third kappa shape index (κ3) is 4.33. The van der Waals surface area contributed by atoms with Gasteiger partial charge in [-0.2, -0.15) is 0 Å². The number of carbonyl (C=O) groups excluding carboxylic acids is 1. The first-order valence-electron chi connectivity index (χ1n) is 6.86. The summed E-state index contributed by atoms with van der Waals surface area (Å²) < 4.78 is 0. The fraction of sp³-hybridized carbons (Fsp3) is 0.235. The number of hydrogen-bond acceptors (Lipinski definition) is 3. The van der Waals surface area contributed by atoms with Crippen LogP contribution >= 0.6 is 0 Å². The molecule has 0 bridgehead atoms. The molecule has 0 aliphatic carbocycles. The molecule has 0 fully saturated rings. The van der Waals surface area contributed by atoms with E-state index >= 15 is 0 Å². The molecule has 0 heterocycles. The third-order valence-electron chi connectivity index (χ3n) is 3.22. The zero-order chi connectivity index (χ0) is 15.4. The summed E-state index contributed by atoms with van der Waals surface area (Å²) in [6, 6.07) is 11.9. The Bertz CT molecular complexity index is 615. The third-order valence-corrected chi connectivity index (χ3v) is 3.22. The van der Waals surface area contributed by atoms with Gasteiger partial charge < -0.3 is 16.2 Å². The molecule has 4 N–H and O–H groups in total. The largest absolute Gasteiger partial charge is 0.508 e. The number of carbonyl (C=O) groups is 1. The molecule has 21 heavy (non-hydrogen) atoms. The summed E-state index contributed by atoms with van der Waals surface area (Å²) in [6.45, 7) is 3.97. The van der Waals surface area contributed by atoms with E-state index in [9.17, 15) is 9.90 Å². The minimum Gasteiger partial charge on any atom is -0.508 e. The Morgan fingerprint density at radius 2 is 1.71 bits per heavy atom. The normalized spacial score (nSPS) is 12.0. The number of phenolic OH excluding ortho intramolecular Hbond substituents is 1. The van der Waals surface area contributed by atoms with Gasteiger partial charge in [-0.3, -0.25) is 4.79 Å². The van der Waals surface area contributed by atoms with Crippen LogP contribution < -0.4 is 11.1 Å². The molecule has 0 saturated carbocycles. The minimum atomic E-state index is -0.629. The molecule has 0 aromatic heterocycles. The van der Waals surface area contributed by atoms with Crippen LogP contribution in [0.4, 0.5) is 5.69 Å². The standard InChI is InChI=1S/C17H20N2O2/c1-11-7-12(2)9-14(8-11)19-17(21)16(18)10-13-3-5-15(20)6-4-13/h3-9,16,20H,10,18H2,1-2H3,(H,19,21)/t16-/m1/s1. The van der Waals surface area contributed by atoms with Crippen molar-refractivity contribution in [1.82, 2.24) is 0 Å². The number of hydrogen-bond donors (Lipinski definition) is 3. The van der Waals surface area contributed by atoms with Gasteiger partial charge in [0, 0.05) is 5.69 Å². The van der Waals surface area contributed by atoms with Crippen molar-refractivity contribution in [2.75, 3.05) is 5.32 Å². The predicted octanol–water partition coefficient (Wildman–Crippen LogP) is 2.52. The van der Waals surface area contributed by atoms with Crippen LogP contribution in [0.1, 0.15) is 16.7 Å². The Labute approximate surface area is 124 Å². The molecule has 2 aromatic rings. The molecule has 0 aliphatic rings. The molecule has 0 radical (unpaired) electrons. The van der Waals surface area contributed by atoms with Gasteiger partial charge in [0.15, 0.2) is 0 Å². The molecule has 0 unspecified atom stereocenters. The van der Waals surface area contributed by atoms with E-state index in [4.69, 9.17) is 5.73 Å². The second-order valence-electron chi connectivity index (χ2n) is 5.34. The topological polar surface area (TPSA) is 75.4 Å². The average molecular weight is 284 g/mol. The SMILES string of the molecule is Cc1cc(C)cc(NC(=O)[C@H](N)Cc2ccc(O)cc2)c1. The van der Waals surface area contributed by atoms with Crippen LogP contribution in [0.15, 0.2) is 42.5 Å². The van der Waals surface area contributed by atoms with E-state index in [0.717, 1.165) is 22.4 Å². The Hall–Kier alpha value is -2.33. The van der Waals surface area contributed by atoms with E-state index in [1.165, 1.54) is 0 Å². The molecule has 0 aliphatic heterocycles. The Kier molecular flexibility index (Phi) is 4.60. The predicted molar refractivity (Wildman–Crippen MR) is 84.3 cm³/mol. The van der Waals surface area contributed by atoms with Crippen molar-refractivity contribution in [2.45, 2.75) is 26.3 Å². The number of rotatable bonds is 4. The summed E-state index contributed by atoms with van der Waals surface area (Å²) in [6.07, 6.45) is 0.427. The van der Waals surface area contributed by atoms with Gasteiger partial charge in [0.1, 0.15) is 5.75 Å². The summed E-state index contributed by atoms with van der Waals surface area (Å²) in [4.78, 5) is 12.1. The number of benzene rings is 2. The second kappa shape index (κ2) is 6.41. The van der Waals surface area contributed by atoms with Crippen LogP contribution in [-0.2, 0) is 11.2 Å². The van der Waals surface area contributed by atoms with Crippen LogP contribution in [-0.4, -0.2) is 17.1 Å². The Balaban J connectivity index is 2.00. The maximum absolute atomic E-state index is 12.1. The van der Waals surface area contributed by atoms with Gasteiger partial charge >= 0.3 is 0 Å². The van der Waals surface area contributed by atoms with E-state index in [1.807, 2.05) is 32.0 Å². The fourth-order valence-corrected chi connectivity index (χ4v) is 2.26. The lowest BCUT2D eigenvalue weighted by Crippen LogP contribution is -2.37. The molecule has 4 nitrogen and oxygen atoms in total. The highest BCUT2D eigenvalue weighted by molar-refractivity contribution is 5.95. The lowest BCUT2D eigenvalue weighted by molar-refractivity contribution is -0.117. The fourth-order valence-electron chi connectivity index (χ4n) is 2.26. The number of nitrogens with two attached hydrogens (primary N) is 1. The number of aryl methyl sites for hydroxylation is 2. The zero-order valence-electron chi connectivity index (χ0n) is 12.3. The first-order chi connectivity index (χ1) is 9.94. The van der Waals surface area contributed by atoms with Gasteiger partial charge in [-0.15, -0.1) is 0 Å². The van der Waals surface area contributed by atoms with E-state index in [0.29, 0.717) is 6.42 Å². The van der Waals surface area contributed by atoms with Crippen molar-refractivity contribution in [2.24, 2.45) is 5.73 Å². The highest BCUT2D eigenvalue weighted by Gasteiger charge is 2.14. The van der Waals surface area contributed by atoms with Crippen molar-refractivity contribution < 1.29 is 9.90 Å². The molecule has 0 saturated heterocycles. The first kappa shape index (κ1) is 15.1. The molecule has 1 amide bonds. The second-order valence-corrected chi connectivity index (χ2v) is 5.34. The number of anilines is 1. The van der Waals surface area contributed by atoms with Gasteiger partial charge in [-0.25, -0.2) is 0 Å². The van der Waals surface area contributed by atoms with Crippen LogP contribution in [0, 0.1) is 13.8 Å². The van der Waals surface area contributed by atoms with Crippen LogP contribution in [0.3, 0.4) is 0 Å². The van der Waals surface area contributed by atoms with E-state index in [1.54, 1.807) is 24.3 Å². The van der Waals surface area contributed by atoms with Gasteiger partial charge in [-0.1, -0.05) is 18.2 Å². The zero-order valence-corrected chi connectivity index (χ0v) is 12.3. The van der Waals surface area contributed by atoms with Crippen molar-refractivity contribution >= 4 is 11.6 Å². The average Bonchev–Trinajstić information content (AvgIpc) is 2.40. The van der Waals surface area contributed by atoms with E-state index in [-0.39, 0.29) is 11.7 Å². The number of aromatic hydroxyl groups is 1. The molecule has 0 spiro atoms. The quantitative estimate of drug-likeness (QED) is 0.807. The maximum Gasteiger partial charge on any atom is 0.241 e. The van der Waals surface area contributed by atoms with Gasteiger partial charge in [0.05, 0.1) is 6.04 Å². The van der Waals surface area contributed by atoms with Crippen molar-refractivity contribution in [3.63, 3.8) is 0 Å². The van der Waals surface area contributed by atoms with Crippen LogP contribution in [0.5, 0.6) is 5.75 Å². The first-order valence-corrected chi connectivity index (χ1v) is 6.86. The minimum absolute atomic E-state index is 0.201. The molecule has 1 atom stereocenters. The van der Waals surface area contributed by atoms with E-state index in [2.05, 4.69) is 5.32 Å².